The number of thiophene rings is 1. The fourth-order valence-corrected chi connectivity index (χ4v) is 2.67. The van der Waals surface area contributed by atoms with E-state index in [0.717, 1.165) is 10.5 Å². The van der Waals surface area contributed by atoms with Crippen LogP contribution in [0.25, 0.3) is 0 Å². The van der Waals surface area contributed by atoms with E-state index in [1.807, 2.05) is 16.8 Å². The maximum Gasteiger partial charge on any atom is 0.269 e. The Balaban J connectivity index is 1.77. The van der Waals surface area contributed by atoms with Crippen molar-refractivity contribution in [2.75, 3.05) is 5.75 Å². The Morgan fingerprint density at radius 3 is 2.76 bits per heavy atom. The van der Waals surface area contributed by atoms with Crippen molar-refractivity contribution in [3.63, 3.8) is 0 Å². The normalized spacial score (nSPS) is 10.7. The summed E-state index contributed by atoms with van der Waals surface area (Å²) in [6.45, 7) is 0. The van der Waals surface area contributed by atoms with Crippen LogP contribution in [0, 0.1) is 10.1 Å². The summed E-state index contributed by atoms with van der Waals surface area (Å²) in [6.07, 6.45) is 1.57. The molecule has 0 atom stereocenters. The molecule has 0 aliphatic carbocycles. The third-order valence-corrected chi connectivity index (χ3v) is 4.08. The Labute approximate surface area is 129 Å². The molecule has 0 unspecified atom stereocenters. The molecule has 1 amide bonds. The highest BCUT2D eigenvalue weighted by molar-refractivity contribution is 8.00. The summed E-state index contributed by atoms with van der Waals surface area (Å²) in [4.78, 5) is 22.4. The second-order valence-corrected chi connectivity index (χ2v) is 5.72. The molecule has 0 fully saturated rings. The Morgan fingerprint density at radius 1 is 1.38 bits per heavy atom. The second kappa shape index (κ2) is 7.55. The molecule has 21 heavy (non-hydrogen) atoms. The van der Waals surface area contributed by atoms with Crippen LogP contribution in [0.15, 0.2) is 51.1 Å². The summed E-state index contributed by atoms with van der Waals surface area (Å²) in [6, 6.07) is 7.95. The van der Waals surface area contributed by atoms with E-state index in [9.17, 15) is 14.9 Å². The van der Waals surface area contributed by atoms with Gasteiger partial charge in [-0.1, -0.05) is 0 Å². The highest BCUT2D eigenvalue weighted by Gasteiger charge is 2.06. The predicted octanol–water partition coefficient (Wildman–Crippen LogP) is 2.90. The van der Waals surface area contributed by atoms with Crippen LogP contribution in [0.3, 0.4) is 0 Å². The minimum atomic E-state index is -0.458. The first-order valence-electron chi connectivity index (χ1n) is 5.86. The number of thioether (sulfide) groups is 1. The van der Waals surface area contributed by atoms with Crippen molar-refractivity contribution in [2.45, 2.75) is 4.90 Å². The molecule has 8 heteroatoms. The van der Waals surface area contributed by atoms with Gasteiger partial charge in [0, 0.05) is 22.6 Å². The van der Waals surface area contributed by atoms with Gasteiger partial charge in [-0.25, -0.2) is 5.43 Å². The van der Waals surface area contributed by atoms with Crippen LogP contribution in [-0.4, -0.2) is 22.8 Å². The molecule has 2 aromatic rings. The summed E-state index contributed by atoms with van der Waals surface area (Å²) in [5.41, 5.74) is 3.39. The summed E-state index contributed by atoms with van der Waals surface area (Å²) in [5.74, 6) is -0.0384. The van der Waals surface area contributed by atoms with Crippen molar-refractivity contribution in [1.29, 1.82) is 0 Å². The Hall–Kier alpha value is -2.19. The van der Waals surface area contributed by atoms with Gasteiger partial charge < -0.3 is 0 Å². The molecule has 0 aliphatic rings. The molecule has 1 aromatic heterocycles. The van der Waals surface area contributed by atoms with E-state index in [2.05, 4.69) is 10.5 Å². The van der Waals surface area contributed by atoms with E-state index in [1.54, 1.807) is 29.7 Å². The van der Waals surface area contributed by atoms with Crippen LogP contribution in [-0.2, 0) is 4.79 Å². The quantitative estimate of drug-likeness (QED) is 0.384. The van der Waals surface area contributed by atoms with Gasteiger partial charge in [0.15, 0.2) is 0 Å². The monoisotopic (exact) mass is 321 g/mol. The Kier molecular flexibility index (Phi) is 5.47. The van der Waals surface area contributed by atoms with Crippen LogP contribution in [0.1, 0.15) is 5.56 Å². The van der Waals surface area contributed by atoms with Crippen LogP contribution in [0.5, 0.6) is 0 Å². The van der Waals surface area contributed by atoms with Gasteiger partial charge >= 0.3 is 0 Å². The van der Waals surface area contributed by atoms with Gasteiger partial charge in [-0.15, -0.1) is 11.8 Å². The van der Waals surface area contributed by atoms with Crippen molar-refractivity contribution in [3.05, 3.63) is 56.8 Å². The highest BCUT2D eigenvalue weighted by atomic mass is 32.2. The molecule has 108 valence electrons. The summed E-state index contributed by atoms with van der Waals surface area (Å²) in [5, 5.41) is 18.2. The fourth-order valence-electron chi connectivity index (χ4n) is 1.37. The predicted molar refractivity (Wildman–Crippen MR) is 83.9 cm³/mol. The topological polar surface area (TPSA) is 84.6 Å². The first-order valence-corrected chi connectivity index (χ1v) is 7.79. The van der Waals surface area contributed by atoms with Crippen molar-refractivity contribution in [2.24, 2.45) is 5.10 Å². The molecule has 1 aromatic carbocycles. The first kappa shape index (κ1) is 15.2. The molecule has 2 rings (SSSR count). The number of carbonyl (C=O) groups is 1. The number of hydrogen-bond acceptors (Lipinski definition) is 6. The number of rotatable bonds is 6. The number of benzene rings is 1. The van der Waals surface area contributed by atoms with Gasteiger partial charge in [0.2, 0.25) is 5.91 Å². The second-order valence-electron chi connectivity index (χ2n) is 3.89. The van der Waals surface area contributed by atoms with Gasteiger partial charge in [0.1, 0.15) is 0 Å². The molecule has 0 spiro atoms. The SMILES string of the molecule is O=C(CSc1ccc([N+](=O)[O-])cc1)N/N=C\c1ccsc1. The van der Waals surface area contributed by atoms with E-state index in [1.165, 1.54) is 23.9 Å². The van der Waals surface area contributed by atoms with Crippen molar-refractivity contribution in [3.8, 4) is 0 Å². The number of hydrazone groups is 1. The summed E-state index contributed by atoms with van der Waals surface area (Å²) < 4.78 is 0. The maximum absolute atomic E-state index is 11.6. The van der Waals surface area contributed by atoms with Crippen molar-refractivity contribution in [1.82, 2.24) is 5.43 Å². The Morgan fingerprint density at radius 2 is 2.14 bits per heavy atom. The smallest absolute Gasteiger partial charge is 0.269 e. The average Bonchev–Trinajstić information content (AvgIpc) is 2.99. The third kappa shape index (κ3) is 5.01. The minimum Gasteiger partial charge on any atom is -0.272 e. The number of nitro groups is 1. The van der Waals surface area contributed by atoms with Crippen molar-refractivity contribution >= 4 is 40.9 Å². The molecule has 0 radical (unpaired) electrons. The number of non-ortho nitro benzene ring substituents is 1. The molecule has 0 aliphatic heterocycles. The van der Waals surface area contributed by atoms with Crippen LogP contribution in [0.2, 0.25) is 0 Å². The maximum atomic E-state index is 11.6. The van der Waals surface area contributed by atoms with Crippen LogP contribution in [0.4, 0.5) is 5.69 Å². The fraction of sp³-hybridized carbons (Fsp3) is 0.0769. The van der Waals surface area contributed by atoms with Gasteiger partial charge in [-0.05, 0) is 29.0 Å². The van der Waals surface area contributed by atoms with Crippen molar-refractivity contribution < 1.29 is 9.72 Å². The molecular weight excluding hydrogens is 310 g/mol. The zero-order chi connectivity index (χ0) is 15.1. The third-order valence-electron chi connectivity index (χ3n) is 2.36. The zero-order valence-corrected chi connectivity index (χ0v) is 12.4. The zero-order valence-electron chi connectivity index (χ0n) is 10.8. The Bertz CT molecular complexity index is 639. The van der Waals surface area contributed by atoms with E-state index >= 15 is 0 Å². The van der Waals surface area contributed by atoms with Gasteiger partial charge in [-0.2, -0.15) is 16.4 Å². The van der Waals surface area contributed by atoms with E-state index < -0.39 is 4.92 Å². The minimum absolute atomic E-state index is 0.0316. The number of nitrogens with one attached hydrogen (secondary N) is 1. The van der Waals surface area contributed by atoms with Crippen LogP contribution < -0.4 is 5.43 Å². The molecule has 0 saturated carbocycles. The summed E-state index contributed by atoms with van der Waals surface area (Å²) in [7, 11) is 0. The molecule has 1 N–H and O–H groups in total. The van der Waals surface area contributed by atoms with Crippen LogP contribution >= 0.6 is 23.1 Å². The number of nitrogens with zero attached hydrogens (tertiary/aromatic N) is 2. The van der Waals surface area contributed by atoms with Gasteiger partial charge in [-0.3, -0.25) is 14.9 Å². The lowest BCUT2D eigenvalue weighted by atomic mass is 10.3. The number of hydrogen-bond donors (Lipinski definition) is 1. The lowest BCUT2D eigenvalue weighted by molar-refractivity contribution is -0.384. The lowest BCUT2D eigenvalue weighted by Gasteiger charge is -2.00. The van der Waals surface area contributed by atoms with E-state index in [4.69, 9.17) is 0 Å². The number of nitro benzene ring substituents is 1. The molecule has 6 nitrogen and oxygen atoms in total. The first-order chi connectivity index (χ1) is 10.1. The molecule has 0 bridgehead atoms. The summed E-state index contributed by atoms with van der Waals surface area (Å²) >= 11 is 2.84. The average molecular weight is 321 g/mol. The number of amides is 1. The van der Waals surface area contributed by atoms with Gasteiger partial charge in [0.25, 0.3) is 5.69 Å². The van der Waals surface area contributed by atoms with Gasteiger partial charge in [0.05, 0.1) is 16.9 Å². The standard InChI is InChI=1S/C13H11N3O3S2/c17-13(15-14-7-10-5-6-20-8-10)9-21-12-3-1-11(2-4-12)16(18)19/h1-8H,9H2,(H,15,17)/b14-7-. The number of carbonyl (C=O) groups excluding carboxylic acids is 1. The molecular formula is C13H11N3O3S2. The van der Waals surface area contributed by atoms with E-state index in [0.29, 0.717) is 0 Å². The highest BCUT2D eigenvalue weighted by Crippen LogP contribution is 2.20. The molecule has 0 saturated heterocycles. The molecule has 1 heterocycles. The largest absolute Gasteiger partial charge is 0.272 e. The lowest BCUT2D eigenvalue weighted by Crippen LogP contribution is -2.19. The van der Waals surface area contributed by atoms with E-state index in [-0.39, 0.29) is 17.3 Å².